The average Bonchev–Trinajstić information content (AvgIpc) is 3.01. The van der Waals surface area contributed by atoms with E-state index in [4.69, 9.17) is 11.6 Å². The van der Waals surface area contributed by atoms with E-state index in [-0.39, 0.29) is 5.91 Å². The fourth-order valence-corrected chi connectivity index (χ4v) is 2.70. The Hall–Kier alpha value is -2.11. The lowest BCUT2D eigenvalue weighted by Gasteiger charge is -2.05. The number of carbonyl (C=O) groups is 1. The topological polar surface area (TPSA) is 46.9 Å². The Balaban J connectivity index is 1.73. The quantitative estimate of drug-likeness (QED) is 0.708. The summed E-state index contributed by atoms with van der Waals surface area (Å²) in [6.07, 6.45) is 3.25. The lowest BCUT2D eigenvalue weighted by atomic mass is 10.2. The summed E-state index contributed by atoms with van der Waals surface area (Å²) in [6.45, 7) is 0.516. The van der Waals surface area contributed by atoms with Crippen LogP contribution in [0.1, 0.15) is 15.9 Å². The first-order valence-corrected chi connectivity index (χ1v) is 8.12. The van der Waals surface area contributed by atoms with Gasteiger partial charge in [0.25, 0.3) is 5.91 Å². The van der Waals surface area contributed by atoms with E-state index in [1.165, 1.54) is 0 Å². The molecule has 116 valence electrons. The molecule has 0 spiro atoms. The Bertz CT molecular complexity index is 847. The number of benzene rings is 2. The summed E-state index contributed by atoms with van der Waals surface area (Å²) in [5.41, 5.74) is 2.17. The van der Waals surface area contributed by atoms with Crippen molar-refractivity contribution in [2.75, 3.05) is 5.32 Å². The molecule has 1 N–H and O–H groups in total. The number of carbonyl (C=O) groups excluding carboxylic acids is 1. The Morgan fingerprint density at radius 1 is 1.17 bits per heavy atom. The van der Waals surface area contributed by atoms with Gasteiger partial charge in [0, 0.05) is 15.7 Å². The minimum absolute atomic E-state index is 0.206. The van der Waals surface area contributed by atoms with E-state index in [2.05, 4.69) is 26.3 Å². The molecule has 23 heavy (non-hydrogen) atoms. The number of hydrogen-bond acceptors (Lipinski definition) is 2. The highest BCUT2D eigenvalue weighted by Crippen LogP contribution is 2.22. The SMILES string of the molecule is O=C(Nc1ccccc1Br)c1cnn(Cc2ccccc2Cl)c1. The Morgan fingerprint density at radius 3 is 2.70 bits per heavy atom. The van der Waals surface area contributed by atoms with E-state index in [9.17, 15) is 4.79 Å². The van der Waals surface area contributed by atoms with Crippen LogP contribution < -0.4 is 5.32 Å². The largest absolute Gasteiger partial charge is 0.321 e. The van der Waals surface area contributed by atoms with Crippen LogP contribution in [0.15, 0.2) is 65.4 Å². The Labute approximate surface area is 147 Å². The van der Waals surface area contributed by atoms with Gasteiger partial charge in [0.2, 0.25) is 0 Å². The van der Waals surface area contributed by atoms with E-state index in [1.54, 1.807) is 17.1 Å². The zero-order chi connectivity index (χ0) is 16.2. The molecule has 0 aliphatic rings. The molecule has 3 aromatic rings. The first kappa shape index (κ1) is 15.8. The zero-order valence-electron chi connectivity index (χ0n) is 12.0. The maximum absolute atomic E-state index is 12.3. The first-order chi connectivity index (χ1) is 11.1. The summed E-state index contributed by atoms with van der Waals surface area (Å²) in [5.74, 6) is -0.206. The molecular weight excluding hydrogens is 378 g/mol. The first-order valence-electron chi connectivity index (χ1n) is 6.95. The second-order valence-corrected chi connectivity index (χ2v) is 6.21. The van der Waals surface area contributed by atoms with E-state index < -0.39 is 0 Å². The third kappa shape index (κ3) is 3.81. The molecule has 0 aliphatic carbocycles. The Morgan fingerprint density at radius 2 is 1.91 bits per heavy atom. The minimum atomic E-state index is -0.206. The van der Waals surface area contributed by atoms with Crippen molar-refractivity contribution in [2.45, 2.75) is 6.54 Å². The highest BCUT2D eigenvalue weighted by atomic mass is 79.9. The number of aromatic nitrogens is 2. The van der Waals surface area contributed by atoms with Gasteiger partial charge in [0.05, 0.1) is 24.0 Å². The van der Waals surface area contributed by atoms with Crippen molar-refractivity contribution in [3.63, 3.8) is 0 Å². The van der Waals surface area contributed by atoms with E-state index in [0.29, 0.717) is 17.1 Å². The molecule has 2 aromatic carbocycles. The van der Waals surface area contributed by atoms with Crippen LogP contribution in [0.25, 0.3) is 0 Å². The second kappa shape index (κ2) is 6.98. The number of hydrogen-bond donors (Lipinski definition) is 1. The fourth-order valence-electron chi connectivity index (χ4n) is 2.13. The molecule has 6 heteroatoms. The van der Waals surface area contributed by atoms with Crippen molar-refractivity contribution >= 4 is 39.1 Å². The molecule has 3 rings (SSSR count). The van der Waals surface area contributed by atoms with Gasteiger partial charge in [-0.25, -0.2) is 0 Å². The van der Waals surface area contributed by atoms with Gasteiger partial charge in [-0.15, -0.1) is 0 Å². The monoisotopic (exact) mass is 389 g/mol. The van der Waals surface area contributed by atoms with Gasteiger partial charge in [-0.3, -0.25) is 9.48 Å². The molecular formula is C17H13BrClN3O. The van der Waals surface area contributed by atoms with Gasteiger partial charge in [0.1, 0.15) is 0 Å². The molecule has 0 atom stereocenters. The summed E-state index contributed by atoms with van der Waals surface area (Å²) < 4.78 is 2.52. The number of rotatable bonds is 4. The van der Waals surface area contributed by atoms with Crippen molar-refractivity contribution in [3.8, 4) is 0 Å². The Kier molecular flexibility index (Phi) is 4.79. The summed E-state index contributed by atoms with van der Waals surface area (Å²) in [7, 11) is 0. The number of anilines is 1. The van der Waals surface area contributed by atoms with E-state index in [1.807, 2.05) is 48.5 Å². The third-order valence-electron chi connectivity index (χ3n) is 3.31. The standard InChI is InChI=1S/C17H13BrClN3O/c18-14-6-2-4-8-16(14)21-17(23)13-9-20-22(11-13)10-12-5-1-3-7-15(12)19/h1-9,11H,10H2,(H,21,23). The lowest BCUT2D eigenvalue weighted by molar-refractivity contribution is 0.102. The van der Waals surface area contributed by atoms with Gasteiger partial charge in [-0.05, 0) is 39.7 Å². The summed E-state index contributed by atoms with van der Waals surface area (Å²) in [4.78, 5) is 12.3. The van der Waals surface area contributed by atoms with E-state index in [0.717, 1.165) is 15.7 Å². The van der Waals surface area contributed by atoms with Crippen LogP contribution in [0.3, 0.4) is 0 Å². The predicted octanol–water partition coefficient (Wildman–Crippen LogP) is 4.60. The maximum atomic E-state index is 12.3. The van der Waals surface area contributed by atoms with Crippen molar-refractivity contribution in [1.29, 1.82) is 0 Å². The number of para-hydroxylation sites is 1. The third-order valence-corrected chi connectivity index (χ3v) is 4.37. The van der Waals surface area contributed by atoms with Crippen LogP contribution in [0.2, 0.25) is 5.02 Å². The van der Waals surface area contributed by atoms with Gasteiger partial charge in [-0.1, -0.05) is 41.9 Å². The van der Waals surface area contributed by atoms with Gasteiger partial charge < -0.3 is 5.32 Å². The maximum Gasteiger partial charge on any atom is 0.258 e. The average molecular weight is 391 g/mol. The molecule has 1 amide bonds. The minimum Gasteiger partial charge on any atom is -0.321 e. The van der Waals surface area contributed by atoms with E-state index >= 15 is 0 Å². The van der Waals surface area contributed by atoms with Crippen LogP contribution in [0.4, 0.5) is 5.69 Å². The predicted molar refractivity (Wildman–Crippen MR) is 94.9 cm³/mol. The summed E-state index contributed by atoms with van der Waals surface area (Å²) in [5, 5.41) is 7.76. The molecule has 0 radical (unpaired) electrons. The number of amides is 1. The normalized spacial score (nSPS) is 10.5. The van der Waals surface area contributed by atoms with Crippen molar-refractivity contribution in [2.24, 2.45) is 0 Å². The number of halogens is 2. The molecule has 1 heterocycles. The summed E-state index contributed by atoms with van der Waals surface area (Å²) in [6, 6.07) is 15.0. The molecule has 0 aliphatic heterocycles. The van der Waals surface area contributed by atoms with Crippen molar-refractivity contribution in [3.05, 3.63) is 81.5 Å². The highest BCUT2D eigenvalue weighted by molar-refractivity contribution is 9.10. The van der Waals surface area contributed by atoms with Crippen LogP contribution in [-0.2, 0) is 6.54 Å². The van der Waals surface area contributed by atoms with Crippen molar-refractivity contribution < 1.29 is 4.79 Å². The molecule has 0 fully saturated rings. The van der Waals surface area contributed by atoms with Crippen LogP contribution >= 0.6 is 27.5 Å². The number of nitrogens with one attached hydrogen (secondary N) is 1. The van der Waals surface area contributed by atoms with Gasteiger partial charge in [-0.2, -0.15) is 5.10 Å². The zero-order valence-corrected chi connectivity index (χ0v) is 14.4. The number of nitrogens with zero attached hydrogens (tertiary/aromatic N) is 2. The summed E-state index contributed by atoms with van der Waals surface area (Å²) >= 11 is 9.55. The molecule has 0 bridgehead atoms. The smallest absolute Gasteiger partial charge is 0.258 e. The highest BCUT2D eigenvalue weighted by Gasteiger charge is 2.11. The van der Waals surface area contributed by atoms with Crippen molar-refractivity contribution in [1.82, 2.24) is 9.78 Å². The molecule has 0 unspecified atom stereocenters. The van der Waals surface area contributed by atoms with Crippen LogP contribution in [0.5, 0.6) is 0 Å². The molecule has 0 saturated heterocycles. The lowest BCUT2D eigenvalue weighted by Crippen LogP contribution is -2.11. The van der Waals surface area contributed by atoms with Crippen LogP contribution in [-0.4, -0.2) is 15.7 Å². The van der Waals surface area contributed by atoms with Crippen LogP contribution in [0, 0.1) is 0 Å². The molecule has 1 aromatic heterocycles. The van der Waals surface area contributed by atoms with Gasteiger partial charge in [0.15, 0.2) is 0 Å². The fraction of sp³-hybridized carbons (Fsp3) is 0.0588. The molecule has 0 saturated carbocycles. The molecule has 4 nitrogen and oxygen atoms in total. The van der Waals surface area contributed by atoms with Gasteiger partial charge >= 0.3 is 0 Å². The second-order valence-electron chi connectivity index (χ2n) is 4.95.